The molecule has 0 aromatic carbocycles. The number of thioether (sulfide) groups is 1. The number of furan rings is 1. The summed E-state index contributed by atoms with van der Waals surface area (Å²) in [7, 11) is 1.73. The van der Waals surface area contributed by atoms with Crippen molar-refractivity contribution in [3.8, 4) is 11.7 Å². The fourth-order valence-corrected chi connectivity index (χ4v) is 4.30. The first-order valence-corrected chi connectivity index (χ1v) is 9.30. The molecule has 0 radical (unpaired) electrons. The maximum atomic E-state index is 12.6. The van der Waals surface area contributed by atoms with Crippen molar-refractivity contribution < 1.29 is 8.83 Å². The molecular formula is C16H14N4O3S2. The molecule has 0 saturated carbocycles. The van der Waals surface area contributed by atoms with E-state index in [1.165, 1.54) is 23.1 Å². The van der Waals surface area contributed by atoms with Crippen LogP contribution < -0.4 is 5.56 Å². The third-order valence-corrected chi connectivity index (χ3v) is 6.01. The van der Waals surface area contributed by atoms with Gasteiger partial charge in [0.15, 0.2) is 10.9 Å². The van der Waals surface area contributed by atoms with Crippen molar-refractivity contribution in [1.29, 1.82) is 0 Å². The Morgan fingerprint density at radius 1 is 1.32 bits per heavy atom. The lowest BCUT2D eigenvalue weighted by atomic mass is 10.2. The first-order valence-electron chi connectivity index (χ1n) is 7.50. The second kappa shape index (κ2) is 6.16. The summed E-state index contributed by atoms with van der Waals surface area (Å²) >= 11 is 2.92. The van der Waals surface area contributed by atoms with Crippen LogP contribution in [0, 0.1) is 13.8 Å². The Morgan fingerprint density at radius 2 is 2.16 bits per heavy atom. The number of hydrogen-bond donors (Lipinski definition) is 0. The standard InChI is InChI=1S/C16H14N4O3S2/c1-8-9(2)25-14-12(8)15(21)20(3)16(17-14)24-7-11-18-19-13(23-11)10-5-4-6-22-10/h4-6H,7H2,1-3H3. The monoisotopic (exact) mass is 374 g/mol. The van der Waals surface area contributed by atoms with E-state index in [4.69, 9.17) is 8.83 Å². The van der Waals surface area contributed by atoms with Gasteiger partial charge in [-0.2, -0.15) is 0 Å². The predicted molar refractivity (Wildman–Crippen MR) is 95.9 cm³/mol. The van der Waals surface area contributed by atoms with Gasteiger partial charge >= 0.3 is 0 Å². The topological polar surface area (TPSA) is 86.9 Å². The number of thiophene rings is 1. The summed E-state index contributed by atoms with van der Waals surface area (Å²) in [6, 6.07) is 3.51. The van der Waals surface area contributed by atoms with Crippen LogP contribution in [0.15, 0.2) is 37.2 Å². The maximum Gasteiger partial charge on any atom is 0.283 e. The number of aryl methyl sites for hydroxylation is 2. The molecule has 0 bridgehead atoms. The van der Waals surface area contributed by atoms with Gasteiger partial charge in [0, 0.05) is 11.9 Å². The van der Waals surface area contributed by atoms with Crippen LogP contribution in [-0.4, -0.2) is 19.7 Å². The molecule has 9 heteroatoms. The highest BCUT2D eigenvalue weighted by molar-refractivity contribution is 7.98. The van der Waals surface area contributed by atoms with Gasteiger partial charge in [-0.3, -0.25) is 9.36 Å². The lowest BCUT2D eigenvalue weighted by Crippen LogP contribution is -2.19. The van der Waals surface area contributed by atoms with Gasteiger partial charge in [-0.15, -0.1) is 21.5 Å². The number of rotatable bonds is 4. The third kappa shape index (κ3) is 2.79. The van der Waals surface area contributed by atoms with Gasteiger partial charge < -0.3 is 8.83 Å². The number of aromatic nitrogens is 4. The molecule has 128 valence electrons. The van der Waals surface area contributed by atoms with Crippen molar-refractivity contribution in [2.75, 3.05) is 0 Å². The zero-order valence-electron chi connectivity index (χ0n) is 13.8. The highest BCUT2D eigenvalue weighted by atomic mass is 32.2. The molecule has 4 rings (SSSR count). The number of nitrogens with zero attached hydrogens (tertiary/aromatic N) is 4. The zero-order chi connectivity index (χ0) is 17.6. The van der Waals surface area contributed by atoms with Crippen LogP contribution in [0.3, 0.4) is 0 Å². The van der Waals surface area contributed by atoms with Crippen LogP contribution >= 0.6 is 23.1 Å². The molecule has 0 aliphatic carbocycles. The molecule has 4 aromatic rings. The molecule has 0 aliphatic heterocycles. The van der Waals surface area contributed by atoms with Crippen LogP contribution in [0.25, 0.3) is 21.9 Å². The second-order valence-electron chi connectivity index (χ2n) is 5.49. The zero-order valence-corrected chi connectivity index (χ0v) is 15.4. The Bertz CT molecular complexity index is 1110. The SMILES string of the molecule is Cc1sc2nc(SCc3nnc(-c4ccco4)o3)n(C)c(=O)c2c1C. The van der Waals surface area contributed by atoms with E-state index in [9.17, 15) is 4.79 Å². The van der Waals surface area contributed by atoms with Gasteiger partial charge in [0.1, 0.15) is 4.83 Å². The molecule has 4 heterocycles. The third-order valence-electron chi connectivity index (χ3n) is 3.89. The molecule has 0 N–H and O–H groups in total. The smallest absolute Gasteiger partial charge is 0.283 e. The van der Waals surface area contributed by atoms with Crippen molar-refractivity contribution in [1.82, 2.24) is 19.7 Å². The molecule has 0 amide bonds. The first kappa shape index (κ1) is 16.1. The Labute approximate surface area is 150 Å². The van der Waals surface area contributed by atoms with E-state index in [1.807, 2.05) is 13.8 Å². The minimum Gasteiger partial charge on any atom is -0.459 e. The predicted octanol–water partition coefficient (Wildman–Crippen LogP) is 3.55. The van der Waals surface area contributed by atoms with E-state index in [1.54, 1.807) is 30.0 Å². The van der Waals surface area contributed by atoms with Crippen LogP contribution in [0.2, 0.25) is 0 Å². The Hall–Kier alpha value is -2.39. The quantitative estimate of drug-likeness (QED) is 0.399. The molecule has 0 aliphatic rings. The number of fused-ring (bicyclic) bond motifs is 1. The van der Waals surface area contributed by atoms with Gasteiger partial charge in [0.05, 0.1) is 17.4 Å². The lowest BCUT2D eigenvalue weighted by Gasteiger charge is -2.05. The summed E-state index contributed by atoms with van der Waals surface area (Å²) in [4.78, 5) is 19.1. The molecule has 25 heavy (non-hydrogen) atoms. The van der Waals surface area contributed by atoms with Crippen LogP contribution in [0.4, 0.5) is 0 Å². The fourth-order valence-electron chi connectivity index (χ4n) is 2.42. The average molecular weight is 374 g/mol. The van der Waals surface area contributed by atoms with E-state index >= 15 is 0 Å². The Kier molecular flexibility index (Phi) is 3.97. The van der Waals surface area contributed by atoms with Gasteiger partial charge in [-0.05, 0) is 31.5 Å². The Balaban J connectivity index is 1.61. The summed E-state index contributed by atoms with van der Waals surface area (Å²) in [5.74, 6) is 1.73. The fraction of sp³-hybridized carbons (Fsp3) is 0.250. The summed E-state index contributed by atoms with van der Waals surface area (Å²) in [5, 5.41) is 9.30. The van der Waals surface area contributed by atoms with Crippen LogP contribution in [0.5, 0.6) is 0 Å². The molecular weight excluding hydrogens is 360 g/mol. The molecule has 0 fully saturated rings. The van der Waals surface area contributed by atoms with Gasteiger partial charge in [0.25, 0.3) is 11.4 Å². The van der Waals surface area contributed by atoms with E-state index in [0.717, 1.165) is 15.3 Å². The normalized spacial score (nSPS) is 11.5. The first-order chi connectivity index (χ1) is 12.0. The van der Waals surface area contributed by atoms with Gasteiger partial charge in [-0.1, -0.05) is 11.8 Å². The second-order valence-corrected chi connectivity index (χ2v) is 7.63. The van der Waals surface area contributed by atoms with E-state index < -0.39 is 0 Å². The summed E-state index contributed by atoms with van der Waals surface area (Å²) < 4.78 is 12.4. The highest BCUT2D eigenvalue weighted by Crippen LogP contribution is 2.29. The van der Waals surface area contributed by atoms with E-state index in [2.05, 4.69) is 15.2 Å². The molecule has 0 unspecified atom stereocenters. The van der Waals surface area contributed by atoms with E-state index in [-0.39, 0.29) is 5.56 Å². The molecule has 7 nitrogen and oxygen atoms in total. The maximum absolute atomic E-state index is 12.6. The lowest BCUT2D eigenvalue weighted by molar-refractivity contribution is 0.494. The van der Waals surface area contributed by atoms with Gasteiger partial charge in [-0.25, -0.2) is 4.98 Å². The summed E-state index contributed by atoms with van der Waals surface area (Å²) in [5.41, 5.74) is 0.973. The van der Waals surface area contributed by atoms with Crippen molar-refractivity contribution in [3.05, 3.63) is 45.1 Å². The van der Waals surface area contributed by atoms with Gasteiger partial charge in [0.2, 0.25) is 5.89 Å². The summed E-state index contributed by atoms with van der Waals surface area (Å²) in [6.07, 6.45) is 1.55. The molecule has 4 aromatic heterocycles. The largest absolute Gasteiger partial charge is 0.459 e. The van der Waals surface area contributed by atoms with Crippen molar-refractivity contribution in [2.24, 2.45) is 7.05 Å². The van der Waals surface area contributed by atoms with E-state index in [0.29, 0.717) is 33.8 Å². The molecule has 0 saturated heterocycles. The van der Waals surface area contributed by atoms with Crippen molar-refractivity contribution in [3.63, 3.8) is 0 Å². The molecule has 0 atom stereocenters. The van der Waals surface area contributed by atoms with Crippen LogP contribution in [-0.2, 0) is 12.8 Å². The minimum atomic E-state index is -0.0313. The minimum absolute atomic E-state index is 0.0313. The average Bonchev–Trinajstić information content (AvgIpc) is 3.31. The van der Waals surface area contributed by atoms with Crippen molar-refractivity contribution >= 4 is 33.3 Å². The van der Waals surface area contributed by atoms with Crippen molar-refractivity contribution in [2.45, 2.75) is 24.8 Å². The summed E-state index contributed by atoms with van der Waals surface area (Å²) in [6.45, 7) is 3.96. The van der Waals surface area contributed by atoms with Crippen LogP contribution in [0.1, 0.15) is 16.3 Å². The number of hydrogen-bond acceptors (Lipinski definition) is 8. The molecule has 0 spiro atoms. The highest BCUT2D eigenvalue weighted by Gasteiger charge is 2.16. The Morgan fingerprint density at radius 3 is 2.92 bits per heavy atom.